The van der Waals surface area contributed by atoms with Crippen LogP contribution in [0, 0.1) is 0 Å². The number of hydrogen-bond acceptors (Lipinski definition) is 5. The molecule has 28 heavy (non-hydrogen) atoms. The number of carbonyl (C=O) groups is 1. The largest absolute Gasteiger partial charge is 0.493 e. The molecule has 0 aliphatic carbocycles. The van der Waals surface area contributed by atoms with E-state index in [2.05, 4.69) is 49.0 Å². The predicted octanol–water partition coefficient (Wildman–Crippen LogP) is 5.30. The Labute approximate surface area is 178 Å². The molecule has 3 rings (SSSR count). The molecule has 0 bridgehead atoms. The van der Waals surface area contributed by atoms with Crippen molar-refractivity contribution in [2.24, 2.45) is 5.10 Å². The minimum absolute atomic E-state index is 0.176. The molecule has 0 saturated carbocycles. The molecule has 0 saturated heterocycles. The minimum Gasteiger partial charge on any atom is -0.493 e. The van der Waals surface area contributed by atoms with Crippen molar-refractivity contribution in [1.82, 2.24) is 5.43 Å². The van der Waals surface area contributed by atoms with E-state index >= 15 is 0 Å². The van der Waals surface area contributed by atoms with Crippen LogP contribution in [0.3, 0.4) is 0 Å². The van der Waals surface area contributed by atoms with Gasteiger partial charge in [0.1, 0.15) is 12.2 Å². The molecule has 0 fully saturated rings. The summed E-state index contributed by atoms with van der Waals surface area (Å²) < 4.78 is 18.1. The number of carbonyl (C=O) groups excluding carboxylic acids is 1. The first-order valence-corrected chi connectivity index (χ1v) is 9.74. The SMILES string of the molecule is C=CCOc1cc(Br)c(/C=N/NC(=O)c2cc3cc(Br)ccc3o2)cc1OC. The first-order valence-electron chi connectivity index (χ1n) is 8.15. The van der Waals surface area contributed by atoms with E-state index in [1.54, 1.807) is 37.5 Å². The third-order valence-electron chi connectivity index (χ3n) is 3.71. The Bertz CT molecular complexity index is 1060. The Morgan fingerprint density at radius 3 is 2.82 bits per heavy atom. The van der Waals surface area contributed by atoms with E-state index in [0.29, 0.717) is 29.3 Å². The molecule has 0 unspecified atom stereocenters. The highest BCUT2D eigenvalue weighted by molar-refractivity contribution is 9.10. The standard InChI is InChI=1S/C20H16Br2N2O4/c1-3-6-27-18-10-15(22)13(9-17(18)26-2)11-23-24-20(25)19-8-12-7-14(21)4-5-16(12)28-19/h3-5,7-11H,1,6H2,2H3,(H,24,25)/b23-11+. The number of furan rings is 1. The number of hydrazone groups is 1. The smallest absolute Gasteiger partial charge is 0.307 e. The van der Waals surface area contributed by atoms with E-state index in [1.165, 1.54) is 6.21 Å². The molecule has 1 aromatic heterocycles. The molecule has 1 heterocycles. The molecule has 0 radical (unpaired) electrons. The average molecular weight is 508 g/mol. The van der Waals surface area contributed by atoms with Gasteiger partial charge in [-0.05, 0) is 52.3 Å². The van der Waals surface area contributed by atoms with Gasteiger partial charge in [0.2, 0.25) is 0 Å². The Hall–Kier alpha value is -2.58. The van der Waals surface area contributed by atoms with Crippen LogP contribution in [0.4, 0.5) is 0 Å². The van der Waals surface area contributed by atoms with Crippen molar-refractivity contribution in [3.8, 4) is 11.5 Å². The quantitative estimate of drug-likeness (QED) is 0.268. The van der Waals surface area contributed by atoms with Crippen LogP contribution in [0.5, 0.6) is 11.5 Å². The summed E-state index contributed by atoms with van der Waals surface area (Å²) >= 11 is 6.85. The van der Waals surface area contributed by atoms with E-state index in [9.17, 15) is 4.79 Å². The number of benzene rings is 2. The van der Waals surface area contributed by atoms with Crippen molar-refractivity contribution in [3.05, 3.63) is 69.3 Å². The molecule has 3 aromatic rings. The number of nitrogens with one attached hydrogen (secondary N) is 1. The Morgan fingerprint density at radius 2 is 2.07 bits per heavy atom. The van der Waals surface area contributed by atoms with Crippen molar-refractivity contribution >= 4 is 55.0 Å². The van der Waals surface area contributed by atoms with Crippen LogP contribution in [-0.2, 0) is 0 Å². The van der Waals surface area contributed by atoms with Crippen LogP contribution in [0.15, 0.2) is 67.5 Å². The normalized spacial score (nSPS) is 11.0. The van der Waals surface area contributed by atoms with Crippen molar-refractivity contribution in [3.63, 3.8) is 0 Å². The van der Waals surface area contributed by atoms with Crippen molar-refractivity contribution in [2.75, 3.05) is 13.7 Å². The van der Waals surface area contributed by atoms with Crippen LogP contribution in [0.25, 0.3) is 11.0 Å². The Kier molecular flexibility index (Phi) is 6.53. The number of nitrogens with zero attached hydrogens (tertiary/aromatic N) is 1. The van der Waals surface area contributed by atoms with Crippen LogP contribution in [-0.4, -0.2) is 25.8 Å². The fourth-order valence-corrected chi connectivity index (χ4v) is 3.22. The second-order valence-corrected chi connectivity index (χ2v) is 7.39. The predicted molar refractivity (Wildman–Crippen MR) is 115 cm³/mol. The van der Waals surface area contributed by atoms with Gasteiger partial charge in [-0.15, -0.1) is 0 Å². The van der Waals surface area contributed by atoms with Gasteiger partial charge >= 0.3 is 5.91 Å². The van der Waals surface area contributed by atoms with Crippen LogP contribution < -0.4 is 14.9 Å². The Balaban J connectivity index is 1.74. The summed E-state index contributed by atoms with van der Waals surface area (Å²) in [5.41, 5.74) is 3.79. The van der Waals surface area contributed by atoms with E-state index in [4.69, 9.17) is 13.9 Å². The molecule has 0 aliphatic heterocycles. The lowest BCUT2D eigenvalue weighted by atomic mass is 10.2. The molecule has 0 aliphatic rings. The molecule has 8 heteroatoms. The Morgan fingerprint density at radius 1 is 1.25 bits per heavy atom. The second kappa shape index (κ2) is 9.07. The zero-order valence-electron chi connectivity index (χ0n) is 14.9. The van der Waals surface area contributed by atoms with Gasteiger partial charge in [-0.25, -0.2) is 5.43 Å². The topological polar surface area (TPSA) is 73.1 Å². The van der Waals surface area contributed by atoms with E-state index in [0.717, 1.165) is 14.3 Å². The first-order chi connectivity index (χ1) is 13.5. The van der Waals surface area contributed by atoms with Crippen molar-refractivity contribution in [1.29, 1.82) is 0 Å². The first kappa shape index (κ1) is 20.2. The lowest BCUT2D eigenvalue weighted by Crippen LogP contribution is -2.16. The third kappa shape index (κ3) is 4.63. The number of ether oxygens (including phenoxy) is 2. The van der Waals surface area contributed by atoms with Crippen LogP contribution in [0.2, 0.25) is 0 Å². The lowest BCUT2D eigenvalue weighted by molar-refractivity contribution is 0.0929. The van der Waals surface area contributed by atoms with Gasteiger partial charge in [-0.3, -0.25) is 4.79 Å². The van der Waals surface area contributed by atoms with Gasteiger partial charge in [-0.2, -0.15) is 5.10 Å². The maximum absolute atomic E-state index is 12.3. The van der Waals surface area contributed by atoms with Crippen molar-refractivity contribution in [2.45, 2.75) is 0 Å². The summed E-state index contributed by atoms with van der Waals surface area (Å²) in [4.78, 5) is 12.3. The number of amides is 1. The monoisotopic (exact) mass is 506 g/mol. The minimum atomic E-state index is -0.447. The molecule has 0 spiro atoms. The summed E-state index contributed by atoms with van der Waals surface area (Å²) in [5.74, 6) is 0.845. The zero-order chi connectivity index (χ0) is 20.1. The number of halogens is 2. The van der Waals surface area contributed by atoms with E-state index < -0.39 is 5.91 Å². The van der Waals surface area contributed by atoms with Crippen LogP contribution in [0.1, 0.15) is 16.1 Å². The summed E-state index contributed by atoms with van der Waals surface area (Å²) in [5, 5.41) is 4.82. The van der Waals surface area contributed by atoms with Crippen LogP contribution >= 0.6 is 31.9 Å². The maximum atomic E-state index is 12.3. The van der Waals surface area contributed by atoms with Gasteiger partial charge in [-0.1, -0.05) is 28.6 Å². The lowest BCUT2D eigenvalue weighted by Gasteiger charge is -2.11. The van der Waals surface area contributed by atoms with Gasteiger partial charge in [0, 0.05) is 19.9 Å². The third-order valence-corrected chi connectivity index (χ3v) is 4.89. The number of hydrogen-bond donors (Lipinski definition) is 1. The average Bonchev–Trinajstić information content (AvgIpc) is 3.10. The summed E-state index contributed by atoms with van der Waals surface area (Å²) in [6.45, 7) is 3.98. The van der Waals surface area contributed by atoms with Gasteiger partial charge in [0.25, 0.3) is 0 Å². The molecular weight excluding hydrogens is 492 g/mol. The molecule has 2 aromatic carbocycles. The maximum Gasteiger partial charge on any atom is 0.307 e. The fraction of sp³-hybridized carbons (Fsp3) is 0.100. The second-order valence-electron chi connectivity index (χ2n) is 5.62. The fourth-order valence-electron chi connectivity index (χ4n) is 2.41. The molecule has 144 valence electrons. The molecule has 6 nitrogen and oxygen atoms in total. The molecule has 1 N–H and O–H groups in total. The van der Waals surface area contributed by atoms with Gasteiger partial charge in [0.15, 0.2) is 17.3 Å². The number of fused-ring (bicyclic) bond motifs is 1. The zero-order valence-corrected chi connectivity index (χ0v) is 18.0. The van der Waals surface area contributed by atoms with E-state index in [-0.39, 0.29) is 5.76 Å². The highest BCUT2D eigenvalue weighted by Gasteiger charge is 2.12. The number of methoxy groups -OCH3 is 1. The van der Waals surface area contributed by atoms with E-state index in [1.807, 2.05) is 12.1 Å². The molecule has 1 amide bonds. The summed E-state index contributed by atoms with van der Waals surface area (Å²) in [6.07, 6.45) is 3.15. The molecular formula is C20H16Br2N2O4. The molecule has 0 atom stereocenters. The number of rotatable bonds is 7. The summed E-state index contributed by atoms with van der Waals surface area (Å²) in [7, 11) is 1.55. The summed E-state index contributed by atoms with van der Waals surface area (Å²) in [6, 6.07) is 10.7. The highest BCUT2D eigenvalue weighted by Crippen LogP contribution is 2.33. The van der Waals surface area contributed by atoms with Crippen molar-refractivity contribution < 1.29 is 18.7 Å². The van der Waals surface area contributed by atoms with Gasteiger partial charge in [0.05, 0.1) is 13.3 Å². The highest BCUT2D eigenvalue weighted by atomic mass is 79.9. The van der Waals surface area contributed by atoms with Gasteiger partial charge < -0.3 is 13.9 Å².